The van der Waals surface area contributed by atoms with Crippen LogP contribution in [0, 0.1) is 0 Å². The molecular formula is C25H17F3N2O3. The van der Waals surface area contributed by atoms with Crippen LogP contribution >= 0.6 is 0 Å². The molecule has 1 aromatic heterocycles. The lowest BCUT2D eigenvalue weighted by molar-refractivity contribution is -0.137. The van der Waals surface area contributed by atoms with Gasteiger partial charge in [-0.2, -0.15) is 13.2 Å². The molecule has 0 bridgehead atoms. The Balaban J connectivity index is 1.60. The average molecular weight is 450 g/mol. The predicted molar refractivity (Wildman–Crippen MR) is 118 cm³/mol. The average Bonchev–Trinajstić information content (AvgIpc) is 2.82. The first-order valence-electron chi connectivity index (χ1n) is 9.87. The number of aliphatic imine (C=N–C) groups is 1. The molecule has 4 aromatic rings. The van der Waals surface area contributed by atoms with E-state index in [1.807, 2.05) is 0 Å². The van der Waals surface area contributed by atoms with Crippen LogP contribution in [0.2, 0.25) is 0 Å². The van der Waals surface area contributed by atoms with Gasteiger partial charge in [0.25, 0.3) is 5.91 Å². The highest BCUT2D eigenvalue weighted by Gasteiger charge is 2.30. The molecule has 1 heterocycles. The molecule has 0 atom stereocenters. The molecule has 5 nitrogen and oxygen atoms in total. The summed E-state index contributed by atoms with van der Waals surface area (Å²) in [5.41, 5.74) is 0.0990. The maximum absolute atomic E-state index is 12.8. The van der Waals surface area contributed by atoms with Gasteiger partial charge in [-0.1, -0.05) is 18.2 Å². The smallest absolute Gasteiger partial charge is 0.416 e. The number of pyridine rings is 1. The molecule has 0 radical (unpaired) electrons. The van der Waals surface area contributed by atoms with E-state index in [1.165, 1.54) is 12.1 Å². The van der Waals surface area contributed by atoms with E-state index in [1.54, 1.807) is 60.8 Å². The van der Waals surface area contributed by atoms with Crippen LogP contribution in [0.1, 0.15) is 21.6 Å². The Kier molecular flexibility index (Phi) is 6.19. The van der Waals surface area contributed by atoms with E-state index in [2.05, 4.69) is 9.98 Å². The molecule has 3 aromatic carbocycles. The van der Waals surface area contributed by atoms with Crippen LogP contribution in [0.4, 0.5) is 13.2 Å². The summed E-state index contributed by atoms with van der Waals surface area (Å²) in [4.78, 5) is 20.8. The van der Waals surface area contributed by atoms with Crippen molar-refractivity contribution in [3.63, 3.8) is 0 Å². The van der Waals surface area contributed by atoms with Crippen molar-refractivity contribution in [1.82, 2.24) is 4.98 Å². The number of hydrogen-bond acceptors (Lipinski definition) is 4. The lowest BCUT2D eigenvalue weighted by atomic mass is 10.1. The molecule has 1 amide bonds. The third kappa shape index (κ3) is 5.07. The van der Waals surface area contributed by atoms with Crippen molar-refractivity contribution in [2.45, 2.75) is 6.18 Å². The molecule has 166 valence electrons. The van der Waals surface area contributed by atoms with Crippen LogP contribution in [0.5, 0.6) is 11.5 Å². The van der Waals surface area contributed by atoms with Crippen molar-refractivity contribution in [3.8, 4) is 11.5 Å². The minimum Gasteiger partial charge on any atom is -0.457 e. The fraction of sp³-hybridized carbons (Fsp3) is 0.0800. The van der Waals surface area contributed by atoms with Gasteiger partial charge in [-0.15, -0.1) is 0 Å². The van der Waals surface area contributed by atoms with Crippen molar-refractivity contribution in [3.05, 3.63) is 102 Å². The Hall–Kier alpha value is -4.04. The second-order valence-electron chi connectivity index (χ2n) is 7.05. The fourth-order valence-electron chi connectivity index (χ4n) is 3.21. The van der Waals surface area contributed by atoms with Gasteiger partial charge in [0, 0.05) is 17.1 Å². The van der Waals surface area contributed by atoms with Crippen molar-refractivity contribution >= 4 is 22.4 Å². The third-order valence-electron chi connectivity index (χ3n) is 4.84. The number of carbonyl (C=O) groups is 1. The number of aromatic nitrogens is 1. The molecule has 0 aliphatic rings. The van der Waals surface area contributed by atoms with Gasteiger partial charge in [-0.25, -0.2) is 4.99 Å². The largest absolute Gasteiger partial charge is 0.457 e. The van der Waals surface area contributed by atoms with E-state index in [0.717, 1.165) is 12.1 Å². The summed E-state index contributed by atoms with van der Waals surface area (Å²) in [6.07, 6.45) is -2.88. The highest BCUT2D eigenvalue weighted by atomic mass is 19.4. The highest BCUT2D eigenvalue weighted by Crippen LogP contribution is 2.33. The van der Waals surface area contributed by atoms with Crippen LogP contribution in [-0.4, -0.2) is 28.3 Å². The van der Waals surface area contributed by atoms with E-state index in [4.69, 9.17) is 4.74 Å². The van der Waals surface area contributed by atoms with Gasteiger partial charge in [0.15, 0.2) is 0 Å². The van der Waals surface area contributed by atoms with Gasteiger partial charge < -0.3 is 9.84 Å². The SMILES string of the molecule is O=C(N=C(CO)c1ccccn1)c1ccc2c(Oc3ccc(C(F)(F)F)cc3)cccc2c1. The Morgan fingerprint density at radius 3 is 2.42 bits per heavy atom. The van der Waals surface area contributed by atoms with Crippen molar-refractivity contribution in [1.29, 1.82) is 0 Å². The first-order chi connectivity index (χ1) is 15.8. The zero-order valence-electron chi connectivity index (χ0n) is 17.1. The monoisotopic (exact) mass is 450 g/mol. The summed E-state index contributed by atoms with van der Waals surface area (Å²) in [5.74, 6) is 0.142. The minimum atomic E-state index is -4.42. The van der Waals surface area contributed by atoms with Crippen molar-refractivity contribution < 1.29 is 27.8 Å². The number of fused-ring (bicyclic) bond motifs is 1. The number of alkyl halides is 3. The molecule has 0 fully saturated rings. The molecule has 0 aliphatic heterocycles. The Morgan fingerprint density at radius 1 is 0.970 bits per heavy atom. The van der Waals surface area contributed by atoms with Crippen molar-refractivity contribution in [2.24, 2.45) is 4.99 Å². The molecule has 0 saturated heterocycles. The Morgan fingerprint density at radius 2 is 1.76 bits per heavy atom. The summed E-state index contributed by atoms with van der Waals surface area (Å²) in [7, 11) is 0. The van der Waals surface area contributed by atoms with Gasteiger partial charge in [-0.05, 0) is 66.0 Å². The number of benzene rings is 3. The number of rotatable bonds is 5. The second kappa shape index (κ2) is 9.22. The first kappa shape index (κ1) is 22.2. The lowest BCUT2D eigenvalue weighted by Crippen LogP contribution is -2.11. The van der Waals surface area contributed by atoms with Gasteiger partial charge in [0.05, 0.1) is 23.6 Å². The number of nitrogens with zero attached hydrogens (tertiary/aromatic N) is 2. The molecule has 33 heavy (non-hydrogen) atoms. The second-order valence-corrected chi connectivity index (χ2v) is 7.05. The van der Waals surface area contributed by atoms with Crippen LogP contribution in [0.15, 0.2) is 90.1 Å². The summed E-state index contributed by atoms with van der Waals surface area (Å²) < 4.78 is 44.1. The lowest BCUT2D eigenvalue weighted by Gasteiger charge is -2.11. The van der Waals surface area contributed by atoms with E-state index in [-0.39, 0.29) is 11.5 Å². The number of aliphatic hydroxyl groups excluding tert-OH is 1. The minimum absolute atomic E-state index is 0.153. The summed E-state index contributed by atoms with van der Waals surface area (Å²) in [6.45, 7) is -0.443. The van der Waals surface area contributed by atoms with E-state index >= 15 is 0 Å². The third-order valence-corrected chi connectivity index (χ3v) is 4.84. The van der Waals surface area contributed by atoms with Crippen LogP contribution in [0.25, 0.3) is 10.8 Å². The highest BCUT2D eigenvalue weighted by molar-refractivity contribution is 6.11. The summed E-state index contributed by atoms with van der Waals surface area (Å²) >= 11 is 0. The maximum Gasteiger partial charge on any atom is 0.416 e. The number of halogens is 3. The quantitative estimate of drug-likeness (QED) is 0.398. The Bertz CT molecular complexity index is 1320. The van der Waals surface area contributed by atoms with Crippen molar-refractivity contribution in [2.75, 3.05) is 6.61 Å². The van der Waals surface area contributed by atoms with Crippen LogP contribution in [-0.2, 0) is 6.18 Å². The van der Waals surface area contributed by atoms with Gasteiger partial charge >= 0.3 is 6.18 Å². The van der Waals surface area contributed by atoms with E-state index in [9.17, 15) is 23.1 Å². The molecular weight excluding hydrogens is 433 g/mol. The number of hydrogen-bond donors (Lipinski definition) is 1. The molecule has 0 aliphatic carbocycles. The van der Waals surface area contributed by atoms with Gasteiger partial charge in [-0.3, -0.25) is 9.78 Å². The van der Waals surface area contributed by atoms with E-state index < -0.39 is 24.3 Å². The molecule has 0 unspecified atom stereocenters. The van der Waals surface area contributed by atoms with Crippen LogP contribution in [0.3, 0.4) is 0 Å². The number of carbonyl (C=O) groups excluding carboxylic acids is 1. The normalized spacial score (nSPS) is 12.1. The van der Waals surface area contributed by atoms with Gasteiger partial charge in [0.2, 0.25) is 0 Å². The summed E-state index contributed by atoms with van der Waals surface area (Å²) in [6, 6.07) is 19.6. The number of aliphatic hydroxyl groups is 1. The van der Waals surface area contributed by atoms with Gasteiger partial charge in [0.1, 0.15) is 11.5 Å². The topological polar surface area (TPSA) is 71.8 Å². The number of ether oxygens (including phenoxy) is 1. The van der Waals surface area contributed by atoms with Crippen LogP contribution < -0.4 is 4.74 Å². The summed E-state index contributed by atoms with van der Waals surface area (Å²) in [5, 5.41) is 10.9. The Labute approximate surface area is 186 Å². The standard InChI is InChI=1S/C25H17F3N2O3/c26-25(27,28)18-8-10-19(11-9-18)33-23-6-3-4-16-14-17(7-12-20(16)23)24(32)30-22(15-31)21-5-1-2-13-29-21/h1-14,31H,15H2. The maximum atomic E-state index is 12.8. The first-order valence-corrected chi connectivity index (χ1v) is 9.87. The fourth-order valence-corrected chi connectivity index (χ4v) is 3.21. The molecule has 8 heteroatoms. The predicted octanol–water partition coefficient (Wildman–Crippen LogP) is 5.67. The number of amides is 1. The zero-order valence-corrected chi connectivity index (χ0v) is 17.1. The molecule has 0 saturated carbocycles. The molecule has 4 rings (SSSR count). The van der Waals surface area contributed by atoms with E-state index in [0.29, 0.717) is 27.8 Å². The zero-order chi connectivity index (χ0) is 23.4. The molecule has 0 spiro atoms. The molecule has 1 N–H and O–H groups in total.